The summed E-state index contributed by atoms with van der Waals surface area (Å²) in [7, 11) is 0. The first-order valence-electron chi connectivity index (χ1n) is 6.70. The van der Waals surface area contributed by atoms with Crippen molar-refractivity contribution in [2.45, 2.75) is 31.8 Å². The Balaban J connectivity index is 1.35. The van der Waals surface area contributed by atoms with Gasteiger partial charge in [0, 0.05) is 25.3 Å². The van der Waals surface area contributed by atoms with Crippen molar-refractivity contribution >= 4 is 0 Å². The van der Waals surface area contributed by atoms with Crippen LogP contribution >= 0.6 is 0 Å². The second-order valence-corrected chi connectivity index (χ2v) is 5.30. The van der Waals surface area contributed by atoms with E-state index in [1.807, 2.05) is 10.9 Å². The van der Waals surface area contributed by atoms with E-state index < -0.39 is 0 Å². The van der Waals surface area contributed by atoms with E-state index in [0.717, 1.165) is 25.0 Å². The van der Waals surface area contributed by atoms with Gasteiger partial charge in [-0.1, -0.05) is 5.21 Å². The van der Waals surface area contributed by atoms with Gasteiger partial charge in [0.2, 0.25) is 0 Å². The highest BCUT2D eigenvalue weighted by molar-refractivity contribution is 4.84. The highest BCUT2D eigenvalue weighted by Crippen LogP contribution is 2.21. The quantitative estimate of drug-likeness (QED) is 0.773. The monoisotopic (exact) mass is 235 g/mol. The molecule has 1 aliphatic carbocycles. The standard InChI is InChI=1S/C12H21N5/c1-2-12(1)13-9-11-3-5-16(10-11)7-8-17-6-4-14-15-17/h4,6,11-13H,1-3,5,7-10H2. The Morgan fingerprint density at radius 1 is 1.24 bits per heavy atom. The third-order valence-electron chi connectivity index (χ3n) is 3.76. The fourth-order valence-electron chi connectivity index (χ4n) is 2.50. The van der Waals surface area contributed by atoms with Gasteiger partial charge in [0.25, 0.3) is 0 Å². The van der Waals surface area contributed by atoms with E-state index in [0.29, 0.717) is 0 Å². The van der Waals surface area contributed by atoms with Crippen LogP contribution in [0.5, 0.6) is 0 Å². The van der Waals surface area contributed by atoms with Crippen LogP contribution in [-0.2, 0) is 6.54 Å². The Kier molecular flexibility index (Phi) is 3.38. The molecule has 0 amide bonds. The van der Waals surface area contributed by atoms with Crippen LogP contribution in [0.4, 0.5) is 0 Å². The zero-order valence-electron chi connectivity index (χ0n) is 10.3. The molecule has 2 aliphatic rings. The number of hydrogen-bond acceptors (Lipinski definition) is 4. The maximum absolute atomic E-state index is 3.99. The van der Waals surface area contributed by atoms with Gasteiger partial charge in [-0.3, -0.25) is 4.68 Å². The maximum Gasteiger partial charge on any atom is 0.0692 e. The van der Waals surface area contributed by atoms with Gasteiger partial charge >= 0.3 is 0 Å². The average Bonchev–Trinajstić information content (AvgIpc) is 2.86. The molecule has 1 aromatic heterocycles. The normalized spacial score (nSPS) is 25.5. The Labute approximate surface area is 102 Å². The van der Waals surface area contributed by atoms with Crippen molar-refractivity contribution in [3.63, 3.8) is 0 Å². The average molecular weight is 235 g/mol. The van der Waals surface area contributed by atoms with Crippen LogP contribution in [0.25, 0.3) is 0 Å². The number of rotatable bonds is 6. The number of aromatic nitrogens is 3. The largest absolute Gasteiger partial charge is 0.314 e. The second kappa shape index (κ2) is 5.14. The third-order valence-corrected chi connectivity index (χ3v) is 3.76. The number of hydrogen-bond donors (Lipinski definition) is 1. The first-order chi connectivity index (χ1) is 8.40. The Bertz CT molecular complexity index is 333. The van der Waals surface area contributed by atoms with Gasteiger partial charge in [-0.05, 0) is 38.3 Å². The van der Waals surface area contributed by atoms with Gasteiger partial charge in [-0.25, -0.2) is 0 Å². The van der Waals surface area contributed by atoms with Crippen molar-refractivity contribution in [3.8, 4) is 0 Å². The number of nitrogens with one attached hydrogen (secondary N) is 1. The summed E-state index contributed by atoms with van der Waals surface area (Å²) in [5.41, 5.74) is 0. The molecule has 1 saturated carbocycles. The minimum absolute atomic E-state index is 0.846. The van der Waals surface area contributed by atoms with Crippen LogP contribution in [-0.4, -0.2) is 52.1 Å². The lowest BCUT2D eigenvalue weighted by atomic mass is 10.1. The number of nitrogens with zero attached hydrogens (tertiary/aromatic N) is 4. The molecule has 1 saturated heterocycles. The van der Waals surface area contributed by atoms with E-state index in [-0.39, 0.29) is 0 Å². The summed E-state index contributed by atoms with van der Waals surface area (Å²) in [5, 5.41) is 11.4. The molecule has 5 nitrogen and oxygen atoms in total. The molecule has 3 rings (SSSR count). The summed E-state index contributed by atoms with van der Waals surface area (Å²) < 4.78 is 1.91. The molecule has 0 aromatic carbocycles. The van der Waals surface area contributed by atoms with Crippen molar-refractivity contribution < 1.29 is 0 Å². The van der Waals surface area contributed by atoms with Crippen molar-refractivity contribution in [2.75, 3.05) is 26.2 Å². The van der Waals surface area contributed by atoms with Gasteiger partial charge in [-0.2, -0.15) is 0 Å². The molecular formula is C12H21N5. The highest BCUT2D eigenvalue weighted by Gasteiger charge is 2.25. The molecule has 2 fully saturated rings. The van der Waals surface area contributed by atoms with Gasteiger partial charge < -0.3 is 10.2 Å². The fraction of sp³-hybridized carbons (Fsp3) is 0.833. The first kappa shape index (κ1) is 11.2. The Hall–Kier alpha value is -0.940. The van der Waals surface area contributed by atoms with E-state index >= 15 is 0 Å². The fourth-order valence-corrected chi connectivity index (χ4v) is 2.50. The summed E-state index contributed by atoms with van der Waals surface area (Å²) in [4.78, 5) is 2.54. The molecule has 0 bridgehead atoms. The van der Waals surface area contributed by atoms with Gasteiger partial charge in [0.1, 0.15) is 0 Å². The molecular weight excluding hydrogens is 214 g/mol. The van der Waals surface area contributed by atoms with Crippen molar-refractivity contribution in [1.29, 1.82) is 0 Å². The van der Waals surface area contributed by atoms with Gasteiger partial charge in [-0.15, -0.1) is 5.10 Å². The Morgan fingerprint density at radius 3 is 2.94 bits per heavy atom. The first-order valence-corrected chi connectivity index (χ1v) is 6.70. The van der Waals surface area contributed by atoms with Gasteiger partial charge in [0.05, 0.1) is 12.7 Å². The second-order valence-electron chi connectivity index (χ2n) is 5.30. The predicted octanol–water partition coefficient (Wildman–Crippen LogP) is 0.352. The van der Waals surface area contributed by atoms with E-state index in [1.54, 1.807) is 6.20 Å². The third kappa shape index (κ3) is 3.26. The predicted molar refractivity (Wildman–Crippen MR) is 65.6 cm³/mol. The van der Waals surface area contributed by atoms with Gasteiger partial charge in [0.15, 0.2) is 0 Å². The summed E-state index contributed by atoms with van der Waals surface area (Å²) in [6.07, 6.45) is 7.80. The SMILES string of the molecule is c1cn(CCN2CCC(CNC3CC3)C2)nn1. The summed E-state index contributed by atoms with van der Waals surface area (Å²) >= 11 is 0. The lowest BCUT2D eigenvalue weighted by Gasteiger charge is -2.15. The molecule has 1 aromatic rings. The van der Waals surface area contributed by atoms with Crippen molar-refractivity contribution in [2.24, 2.45) is 5.92 Å². The van der Waals surface area contributed by atoms with E-state index in [4.69, 9.17) is 0 Å². The Morgan fingerprint density at radius 2 is 2.18 bits per heavy atom. The minimum Gasteiger partial charge on any atom is -0.314 e. The summed E-state index contributed by atoms with van der Waals surface area (Å²) in [6.45, 7) is 5.76. The minimum atomic E-state index is 0.846. The summed E-state index contributed by atoms with van der Waals surface area (Å²) in [5.74, 6) is 0.853. The molecule has 5 heteroatoms. The maximum atomic E-state index is 3.99. The molecule has 94 valence electrons. The lowest BCUT2D eigenvalue weighted by molar-refractivity contribution is 0.300. The molecule has 1 atom stereocenters. The van der Waals surface area contributed by atoms with E-state index in [9.17, 15) is 0 Å². The molecule has 2 heterocycles. The molecule has 0 radical (unpaired) electrons. The smallest absolute Gasteiger partial charge is 0.0692 e. The molecule has 1 aliphatic heterocycles. The molecule has 1 unspecified atom stereocenters. The van der Waals surface area contributed by atoms with E-state index in [2.05, 4.69) is 20.5 Å². The van der Waals surface area contributed by atoms with Crippen LogP contribution in [0.1, 0.15) is 19.3 Å². The molecule has 17 heavy (non-hydrogen) atoms. The van der Waals surface area contributed by atoms with Crippen LogP contribution in [0, 0.1) is 5.92 Å². The lowest BCUT2D eigenvalue weighted by Crippen LogP contribution is -2.29. The zero-order chi connectivity index (χ0) is 11.5. The zero-order valence-corrected chi connectivity index (χ0v) is 10.3. The highest BCUT2D eigenvalue weighted by atomic mass is 15.4. The van der Waals surface area contributed by atoms with Crippen LogP contribution in [0.3, 0.4) is 0 Å². The van der Waals surface area contributed by atoms with Crippen LogP contribution < -0.4 is 5.32 Å². The van der Waals surface area contributed by atoms with Crippen molar-refractivity contribution in [3.05, 3.63) is 12.4 Å². The molecule has 0 spiro atoms. The summed E-state index contributed by atoms with van der Waals surface area (Å²) in [6, 6.07) is 0.846. The van der Waals surface area contributed by atoms with Crippen molar-refractivity contribution in [1.82, 2.24) is 25.2 Å². The topological polar surface area (TPSA) is 46.0 Å². The molecule has 1 N–H and O–H groups in total. The van der Waals surface area contributed by atoms with Crippen LogP contribution in [0.2, 0.25) is 0 Å². The van der Waals surface area contributed by atoms with E-state index in [1.165, 1.54) is 38.9 Å². The number of likely N-dealkylation sites (tertiary alicyclic amines) is 1. The van der Waals surface area contributed by atoms with Crippen LogP contribution in [0.15, 0.2) is 12.4 Å².